The molecular weight excluding hydrogens is 487 g/mol. The number of fused-ring (bicyclic) bond motifs is 1. The number of likely N-dealkylation sites (N-methyl/N-ethyl adjacent to an activating group) is 1. The first-order valence-electron chi connectivity index (χ1n) is 7.98. The second-order valence-corrected chi connectivity index (χ2v) is 8.13. The fourth-order valence-electron chi connectivity index (χ4n) is 2.87. The number of nitrogens with two attached hydrogens (primary N) is 1. The predicted molar refractivity (Wildman–Crippen MR) is 117 cm³/mol. The molecule has 0 fully saturated rings. The van der Waals surface area contributed by atoms with E-state index in [1.165, 1.54) is 11.3 Å². The van der Waals surface area contributed by atoms with E-state index in [1.807, 2.05) is 24.3 Å². The third-order valence-electron chi connectivity index (χ3n) is 4.16. The van der Waals surface area contributed by atoms with Crippen LogP contribution >= 0.6 is 46.3 Å². The molecule has 0 unspecified atom stereocenters. The van der Waals surface area contributed by atoms with Crippen LogP contribution in [0.4, 0.5) is 15.5 Å². The standard InChI is InChI=1S/C17H19IN4O2S.ClH/c1-2-22-8-7-12-13(9-22)25-16(14(12)15(19)23)21-17(24)20-11-5-3-10(18)4-6-11;/h3-6H,2,7-9H2,1H3,(H2,19,23)(H2,20,21,24);1H. The predicted octanol–water partition coefficient (Wildman–Crippen LogP) is 3.90. The molecule has 26 heavy (non-hydrogen) atoms. The van der Waals surface area contributed by atoms with Crippen LogP contribution in [0.5, 0.6) is 0 Å². The molecule has 0 saturated carbocycles. The Hall–Kier alpha value is -1.36. The molecule has 2 heterocycles. The summed E-state index contributed by atoms with van der Waals surface area (Å²) in [4.78, 5) is 27.6. The lowest BCUT2D eigenvalue weighted by molar-refractivity contribution is 0.1000. The first kappa shape index (κ1) is 20.9. The van der Waals surface area contributed by atoms with Crippen molar-refractivity contribution in [3.63, 3.8) is 0 Å². The third kappa shape index (κ3) is 4.67. The van der Waals surface area contributed by atoms with Gasteiger partial charge in [-0.05, 0) is 65.4 Å². The van der Waals surface area contributed by atoms with E-state index in [0.29, 0.717) is 16.3 Å². The summed E-state index contributed by atoms with van der Waals surface area (Å²) in [5.41, 5.74) is 7.70. The number of nitrogens with zero attached hydrogens (tertiary/aromatic N) is 1. The smallest absolute Gasteiger partial charge is 0.324 e. The summed E-state index contributed by atoms with van der Waals surface area (Å²) >= 11 is 3.64. The number of rotatable bonds is 4. The lowest BCUT2D eigenvalue weighted by atomic mass is 10.0. The van der Waals surface area contributed by atoms with E-state index in [9.17, 15) is 9.59 Å². The molecule has 1 aromatic carbocycles. The number of amides is 3. The van der Waals surface area contributed by atoms with Crippen LogP contribution in [-0.2, 0) is 13.0 Å². The van der Waals surface area contributed by atoms with Gasteiger partial charge in [-0.2, -0.15) is 0 Å². The van der Waals surface area contributed by atoms with Gasteiger partial charge < -0.3 is 11.1 Å². The second-order valence-electron chi connectivity index (χ2n) is 5.78. The highest BCUT2D eigenvalue weighted by atomic mass is 127. The van der Waals surface area contributed by atoms with Crippen molar-refractivity contribution in [3.8, 4) is 0 Å². The van der Waals surface area contributed by atoms with E-state index >= 15 is 0 Å². The first-order valence-corrected chi connectivity index (χ1v) is 9.87. The minimum atomic E-state index is -0.494. The zero-order valence-electron chi connectivity index (χ0n) is 14.2. The zero-order chi connectivity index (χ0) is 18.0. The van der Waals surface area contributed by atoms with E-state index in [4.69, 9.17) is 5.73 Å². The largest absolute Gasteiger partial charge is 0.365 e. The highest BCUT2D eigenvalue weighted by molar-refractivity contribution is 14.1. The molecule has 140 valence electrons. The molecule has 2 aromatic rings. The number of hydrogen-bond donors (Lipinski definition) is 3. The Kier molecular flexibility index (Phi) is 7.27. The molecule has 3 amide bonds. The highest BCUT2D eigenvalue weighted by Crippen LogP contribution is 2.36. The van der Waals surface area contributed by atoms with Gasteiger partial charge in [-0.25, -0.2) is 4.79 Å². The summed E-state index contributed by atoms with van der Waals surface area (Å²) < 4.78 is 1.09. The van der Waals surface area contributed by atoms with Crippen LogP contribution in [0.15, 0.2) is 24.3 Å². The lowest BCUT2D eigenvalue weighted by Crippen LogP contribution is -2.30. The van der Waals surface area contributed by atoms with Gasteiger partial charge in [0.15, 0.2) is 0 Å². The summed E-state index contributed by atoms with van der Waals surface area (Å²) in [6.45, 7) is 4.76. The molecule has 1 aromatic heterocycles. The Balaban J connectivity index is 0.00000243. The van der Waals surface area contributed by atoms with Crippen molar-refractivity contribution < 1.29 is 9.59 Å². The first-order chi connectivity index (χ1) is 12.0. The van der Waals surface area contributed by atoms with Gasteiger partial charge in [0.1, 0.15) is 5.00 Å². The molecule has 6 nitrogen and oxygen atoms in total. The Morgan fingerprint density at radius 1 is 1.27 bits per heavy atom. The minimum Gasteiger partial charge on any atom is -0.365 e. The quantitative estimate of drug-likeness (QED) is 0.550. The van der Waals surface area contributed by atoms with Crippen molar-refractivity contribution in [1.82, 2.24) is 4.90 Å². The van der Waals surface area contributed by atoms with Crippen LogP contribution in [0.3, 0.4) is 0 Å². The molecule has 0 spiro atoms. The second kappa shape index (κ2) is 9.03. The third-order valence-corrected chi connectivity index (χ3v) is 6.01. The van der Waals surface area contributed by atoms with Crippen molar-refractivity contribution in [2.45, 2.75) is 19.9 Å². The Labute approximate surface area is 176 Å². The lowest BCUT2D eigenvalue weighted by Gasteiger charge is -2.25. The maximum atomic E-state index is 12.3. The van der Waals surface area contributed by atoms with Crippen molar-refractivity contribution in [2.75, 3.05) is 23.7 Å². The molecule has 0 saturated heterocycles. The molecule has 4 N–H and O–H groups in total. The van der Waals surface area contributed by atoms with E-state index in [1.54, 1.807) is 0 Å². The van der Waals surface area contributed by atoms with Gasteiger partial charge in [-0.15, -0.1) is 23.7 Å². The normalized spacial score (nSPS) is 13.5. The SMILES string of the molecule is CCN1CCc2c(sc(NC(=O)Nc3ccc(I)cc3)c2C(N)=O)C1.Cl. The fourth-order valence-corrected chi connectivity index (χ4v) is 4.52. The van der Waals surface area contributed by atoms with E-state index < -0.39 is 5.91 Å². The average Bonchev–Trinajstić information content (AvgIpc) is 2.93. The Morgan fingerprint density at radius 3 is 2.58 bits per heavy atom. The molecule has 0 bridgehead atoms. The van der Waals surface area contributed by atoms with Crippen molar-refractivity contribution >= 4 is 69.0 Å². The number of nitrogens with one attached hydrogen (secondary N) is 2. The topological polar surface area (TPSA) is 87.5 Å². The highest BCUT2D eigenvalue weighted by Gasteiger charge is 2.27. The summed E-state index contributed by atoms with van der Waals surface area (Å²) in [6, 6.07) is 7.10. The van der Waals surface area contributed by atoms with Crippen LogP contribution in [0.2, 0.25) is 0 Å². The monoisotopic (exact) mass is 506 g/mol. The van der Waals surface area contributed by atoms with Gasteiger partial charge in [0, 0.05) is 27.2 Å². The van der Waals surface area contributed by atoms with Crippen LogP contribution < -0.4 is 16.4 Å². The van der Waals surface area contributed by atoms with Gasteiger partial charge in [-0.3, -0.25) is 15.0 Å². The molecule has 3 rings (SSSR count). The van der Waals surface area contributed by atoms with E-state index in [0.717, 1.165) is 40.1 Å². The van der Waals surface area contributed by atoms with Crippen LogP contribution in [-0.4, -0.2) is 29.9 Å². The molecule has 0 atom stereocenters. The number of hydrogen-bond acceptors (Lipinski definition) is 4. The number of thiophene rings is 1. The van der Waals surface area contributed by atoms with Gasteiger partial charge in [0.2, 0.25) is 0 Å². The van der Waals surface area contributed by atoms with Crippen molar-refractivity contribution in [3.05, 3.63) is 43.8 Å². The zero-order valence-corrected chi connectivity index (χ0v) is 18.0. The average molecular weight is 507 g/mol. The minimum absolute atomic E-state index is 0. The van der Waals surface area contributed by atoms with Crippen LogP contribution in [0, 0.1) is 3.57 Å². The molecule has 1 aliphatic heterocycles. The number of primary amides is 1. The van der Waals surface area contributed by atoms with E-state index in [-0.39, 0.29) is 18.4 Å². The van der Waals surface area contributed by atoms with Crippen molar-refractivity contribution in [1.29, 1.82) is 0 Å². The van der Waals surface area contributed by atoms with Crippen LogP contribution in [0.1, 0.15) is 27.7 Å². The Morgan fingerprint density at radius 2 is 1.96 bits per heavy atom. The maximum Gasteiger partial charge on any atom is 0.324 e. The van der Waals surface area contributed by atoms with Gasteiger partial charge >= 0.3 is 6.03 Å². The van der Waals surface area contributed by atoms with Crippen molar-refractivity contribution in [2.24, 2.45) is 5.73 Å². The maximum absolute atomic E-state index is 12.3. The molecule has 0 aliphatic carbocycles. The summed E-state index contributed by atoms with van der Waals surface area (Å²) in [5.74, 6) is -0.494. The van der Waals surface area contributed by atoms with Crippen LogP contribution in [0.25, 0.3) is 0 Å². The van der Waals surface area contributed by atoms with E-state index in [2.05, 4.69) is 45.0 Å². The fraction of sp³-hybridized carbons (Fsp3) is 0.294. The molecule has 9 heteroatoms. The summed E-state index contributed by atoms with van der Waals surface area (Å²) in [7, 11) is 0. The number of anilines is 2. The number of carbonyl (C=O) groups excluding carboxylic acids is 2. The van der Waals surface area contributed by atoms with Gasteiger partial charge in [0.05, 0.1) is 5.56 Å². The number of urea groups is 1. The van der Waals surface area contributed by atoms with Gasteiger partial charge in [-0.1, -0.05) is 6.92 Å². The Bertz CT molecular complexity index is 810. The molecule has 0 radical (unpaired) electrons. The summed E-state index contributed by atoms with van der Waals surface area (Å²) in [6.07, 6.45) is 0.776. The number of benzene rings is 1. The van der Waals surface area contributed by atoms with Gasteiger partial charge in [0.25, 0.3) is 5.91 Å². The molecular formula is C17H20ClIN4O2S. The summed E-state index contributed by atoms with van der Waals surface area (Å²) in [5, 5.41) is 6.09. The molecule has 1 aliphatic rings. The number of carbonyl (C=O) groups is 2. The number of halogens is 2.